The van der Waals surface area contributed by atoms with E-state index in [1.807, 2.05) is 0 Å². The number of hydrogen-bond donors (Lipinski definition) is 1. The van der Waals surface area contributed by atoms with Crippen LogP contribution in [0.2, 0.25) is 0 Å². The zero-order valence-corrected chi connectivity index (χ0v) is 6.93. The van der Waals surface area contributed by atoms with Crippen LogP contribution < -0.4 is 10.6 Å². The van der Waals surface area contributed by atoms with Gasteiger partial charge in [0.2, 0.25) is 0 Å². The highest BCUT2D eigenvalue weighted by molar-refractivity contribution is 4.75. The Bertz CT molecular complexity index is 85.3. The first-order valence-corrected chi connectivity index (χ1v) is 4.16. The summed E-state index contributed by atoms with van der Waals surface area (Å²) in [4.78, 5) is 0. The van der Waals surface area contributed by atoms with Crippen molar-refractivity contribution in [1.29, 1.82) is 0 Å². The zero-order valence-electron chi connectivity index (χ0n) is 6.93. The van der Waals surface area contributed by atoms with E-state index >= 15 is 0 Å². The second-order valence-electron chi connectivity index (χ2n) is 3.39. The summed E-state index contributed by atoms with van der Waals surface area (Å²) in [5.41, 5.74) is 0. The fourth-order valence-corrected chi connectivity index (χ4v) is 1.36. The van der Waals surface area contributed by atoms with Crippen LogP contribution in [0.5, 0.6) is 0 Å². The highest BCUT2D eigenvalue weighted by Gasteiger charge is 2.13. The maximum atomic E-state index is 4.51. The molecule has 0 aromatic carbocycles. The van der Waals surface area contributed by atoms with Crippen LogP contribution in [0.15, 0.2) is 0 Å². The van der Waals surface area contributed by atoms with Gasteiger partial charge in [-0.05, 0) is 12.3 Å². The van der Waals surface area contributed by atoms with E-state index in [2.05, 4.69) is 24.5 Å². The maximum absolute atomic E-state index is 4.51. The van der Waals surface area contributed by atoms with Crippen LogP contribution in [0.25, 0.3) is 0 Å². The van der Waals surface area contributed by atoms with Gasteiger partial charge < -0.3 is 5.32 Å². The number of nitrogens with one attached hydrogen (secondary N) is 1. The number of nitrogens with zero attached hydrogens (tertiary/aromatic N) is 1. The molecule has 1 aliphatic rings. The van der Waals surface area contributed by atoms with Crippen LogP contribution in [-0.2, 0) is 0 Å². The van der Waals surface area contributed by atoms with Crippen LogP contribution in [0.4, 0.5) is 0 Å². The molecule has 1 radical (unpaired) electrons. The molecule has 1 saturated heterocycles. The summed E-state index contributed by atoms with van der Waals surface area (Å²) in [5.74, 6) is 0.786. The Labute approximate surface area is 63.4 Å². The molecule has 0 amide bonds. The maximum Gasteiger partial charge on any atom is 0.0373 e. The van der Waals surface area contributed by atoms with Crippen LogP contribution in [0.1, 0.15) is 20.3 Å². The van der Waals surface area contributed by atoms with Crippen molar-refractivity contribution in [2.24, 2.45) is 5.92 Å². The smallest absolute Gasteiger partial charge is 0.0373 e. The van der Waals surface area contributed by atoms with Gasteiger partial charge in [0.25, 0.3) is 0 Å². The van der Waals surface area contributed by atoms with Crippen molar-refractivity contribution >= 4 is 0 Å². The van der Waals surface area contributed by atoms with E-state index in [4.69, 9.17) is 0 Å². The molecule has 1 atom stereocenters. The SMILES string of the molecule is CC(C)CC1CNCC[N]1. The number of rotatable bonds is 2. The molecule has 0 aromatic rings. The lowest BCUT2D eigenvalue weighted by molar-refractivity contribution is 0.356. The van der Waals surface area contributed by atoms with Gasteiger partial charge >= 0.3 is 0 Å². The van der Waals surface area contributed by atoms with Gasteiger partial charge in [-0.3, -0.25) is 0 Å². The molecule has 1 fully saturated rings. The largest absolute Gasteiger partial charge is 0.314 e. The summed E-state index contributed by atoms with van der Waals surface area (Å²) < 4.78 is 0. The molecule has 1 unspecified atom stereocenters. The third kappa shape index (κ3) is 2.67. The van der Waals surface area contributed by atoms with Gasteiger partial charge in [0.15, 0.2) is 0 Å². The van der Waals surface area contributed by atoms with E-state index in [0.29, 0.717) is 6.04 Å². The fourth-order valence-electron chi connectivity index (χ4n) is 1.36. The summed E-state index contributed by atoms with van der Waals surface area (Å²) in [6.07, 6.45) is 1.24. The Hall–Kier alpha value is -0.0800. The predicted octanol–water partition coefficient (Wildman–Crippen LogP) is 0.609. The minimum absolute atomic E-state index is 0.591. The van der Waals surface area contributed by atoms with Crippen molar-refractivity contribution in [1.82, 2.24) is 10.6 Å². The van der Waals surface area contributed by atoms with Crippen LogP contribution >= 0.6 is 0 Å². The molecule has 1 aliphatic heterocycles. The van der Waals surface area contributed by atoms with Gasteiger partial charge in [-0.15, -0.1) is 0 Å². The highest BCUT2D eigenvalue weighted by atomic mass is 15.0. The highest BCUT2D eigenvalue weighted by Crippen LogP contribution is 2.05. The Balaban J connectivity index is 2.13. The quantitative estimate of drug-likeness (QED) is 0.599. The third-order valence-electron chi connectivity index (χ3n) is 1.80. The fraction of sp³-hybridized carbons (Fsp3) is 1.00. The molecular formula is C8H17N2. The molecule has 1 rings (SSSR count). The lowest BCUT2D eigenvalue weighted by Gasteiger charge is -2.23. The van der Waals surface area contributed by atoms with Crippen molar-refractivity contribution < 1.29 is 0 Å². The molecule has 0 spiro atoms. The molecule has 0 aliphatic carbocycles. The Morgan fingerprint density at radius 2 is 2.40 bits per heavy atom. The number of piperazine rings is 1. The van der Waals surface area contributed by atoms with Gasteiger partial charge in [-0.1, -0.05) is 13.8 Å². The van der Waals surface area contributed by atoms with Crippen molar-refractivity contribution in [2.75, 3.05) is 19.6 Å². The molecule has 2 nitrogen and oxygen atoms in total. The van der Waals surface area contributed by atoms with Crippen molar-refractivity contribution in [2.45, 2.75) is 26.3 Å². The lowest BCUT2D eigenvalue weighted by atomic mass is 10.0. The molecule has 0 saturated carbocycles. The predicted molar refractivity (Wildman–Crippen MR) is 43.1 cm³/mol. The van der Waals surface area contributed by atoms with Crippen molar-refractivity contribution in [3.63, 3.8) is 0 Å². The molecule has 0 aromatic heterocycles. The second kappa shape index (κ2) is 3.94. The topological polar surface area (TPSA) is 26.1 Å². The Morgan fingerprint density at radius 1 is 1.60 bits per heavy atom. The summed E-state index contributed by atoms with van der Waals surface area (Å²) in [6.45, 7) is 7.69. The minimum Gasteiger partial charge on any atom is -0.314 e. The monoisotopic (exact) mass is 141 g/mol. The van der Waals surface area contributed by atoms with E-state index in [-0.39, 0.29) is 0 Å². The lowest BCUT2D eigenvalue weighted by Crippen LogP contribution is -2.44. The van der Waals surface area contributed by atoms with E-state index in [0.717, 1.165) is 25.6 Å². The molecule has 59 valence electrons. The second-order valence-corrected chi connectivity index (χ2v) is 3.39. The summed E-state index contributed by atoms with van der Waals surface area (Å²) in [7, 11) is 0. The standard InChI is InChI=1S/C8H17N2/c1-7(2)5-8-6-9-3-4-10-8/h7-9H,3-6H2,1-2H3. The van der Waals surface area contributed by atoms with Crippen molar-refractivity contribution in [3.8, 4) is 0 Å². The molecule has 10 heavy (non-hydrogen) atoms. The van der Waals surface area contributed by atoms with Crippen LogP contribution in [-0.4, -0.2) is 25.7 Å². The van der Waals surface area contributed by atoms with Gasteiger partial charge in [-0.2, -0.15) is 0 Å². The third-order valence-corrected chi connectivity index (χ3v) is 1.80. The molecule has 1 heterocycles. The first kappa shape index (κ1) is 8.02. The Morgan fingerprint density at radius 3 is 2.90 bits per heavy atom. The average molecular weight is 141 g/mol. The first-order valence-electron chi connectivity index (χ1n) is 4.16. The first-order chi connectivity index (χ1) is 4.79. The normalized spacial score (nSPS) is 27.3. The van der Waals surface area contributed by atoms with Crippen LogP contribution in [0, 0.1) is 5.92 Å². The van der Waals surface area contributed by atoms with Gasteiger partial charge in [0.05, 0.1) is 0 Å². The summed E-state index contributed by atoms with van der Waals surface area (Å²) in [5, 5.41) is 7.85. The number of hydrogen-bond acceptors (Lipinski definition) is 1. The van der Waals surface area contributed by atoms with Gasteiger partial charge in [0.1, 0.15) is 0 Å². The van der Waals surface area contributed by atoms with Gasteiger partial charge in [-0.25, -0.2) is 5.32 Å². The van der Waals surface area contributed by atoms with E-state index in [1.165, 1.54) is 6.42 Å². The molecule has 1 N–H and O–H groups in total. The minimum atomic E-state index is 0.591. The summed E-state index contributed by atoms with van der Waals surface area (Å²) >= 11 is 0. The van der Waals surface area contributed by atoms with Crippen molar-refractivity contribution in [3.05, 3.63) is 0 Å². The molecular weight excluding hydrogens is 124 g/mol. The molecule has 2 heteroatoms. The van der Waals surface area contributed by atoms with E-state index in [1.54, 1.807) is 0 Å². The zero-order chi connectivity index (χ0) is 7.40. The van der Waals surface area contributed by atoms with E-state index in [9.17, 15) is 0 Å². The van der Waals surface area contributed by atoms with Crippen LogP contribution in [0.3, 0.4) is 0 Å². The average Bonchev–Trinajstić information content (AvgIpc) is 1.88. The van der Waals surface area contributed by atoms with E-state index < -0.39 is 0 Å². The summed E-state index contributed by atoms with van der Waals surface area (Å²) in [6, 6.07) is 0.591. The Kier molecular flexibility index (Phi) is 3.16. The van der Waals surface area contributed by atoms with Gasteiger partial charge in [0, 0.05) is 25.7 Å². The molecule has 0 bridgehead atoms.